The third-order valence-electron chi connectivity index (χ3n) is 10.8. The topological polar surface area (TPSA) is 182 Å². The Bertz CT molecular complexity index is 2960. The lowest BCUT2D eigenvalue weighted by molar-refractivity contribution is -0.176. The molecular weight excluding hydrogens is 861 g/mol. The lowest BCUT2D eigenvalue weighted by Gasteiger charge is -2.28. The molecule has 322 valence electrons. The van der Waals surface area contributed by atoms with Crippen LogP contribution >= 0.6 is 34.4 Å². The Balaban J connectivity index is 0.000000165. The van der Waals surface area contributed by atoms with Gasteiger partial charge in [0.1, 0.15) is 9.66 Å². The van der Waals surface area contributed by atoms with Crippen LogP contribution in [0.1, 0.15) is 25.0 Å². The highest BCUT2D eigenvalue weighted by atomic mass is 32.2. The Hall–Kier alpha value is -4.92. The molecule has 2 aromatic carbocycles. The van der Waals surface area contributed by atoms with Crippen molar-refractivity contribution in [2.45, 2.75) is 38.0 Å². The van der Waals surface area contributed by atoms with E-state index in [0.29, 0.717) is 11.3 Å². The number of piperazine rings is 2. The molecule has 0 atom stereocenters. The first-order valence-corrected chi connectivity index (χ1v) is 24.8. The van der Waals surface area contributed by atoms with Gasteiger partial charge in [0.15, 0.2) is 16.8 Å². The van der Waals surface area contributed by atoms with Crippen LogP contribution in [0.4, 0.5) is 11.6 Å². The monoisotopic (exact) mass is 908 g/mol. The number of hydrogen-bond acceptors (Lipinski definition) is 17. The molecule has 2 saturated heterocycles. The molecule has 10 rings (SSSR count). The van der Waals surface area contributed by atoms with Gasteiger partial charge in [0.25, 0.3) is 0 Å². The second kappa shape index (κ2) is 19.2. The highest BCUT2D eigenvalue weighted by molar-refractivity contribution is 7.99. The van der Waals surface area contributed by atoms with Crippen molar-refractivity contribution in [2.24, 2.45) is 0 Å². The summed E-state index contributed by atoms with van der Waals surface area (Å²) in [4.78, 5) is 35.4. The Morgan fingerprint density at radius 1 is 0.645 bits per heavy atom. The Labute approximate surface area is 372 Å². The van der Waals surface area contributed by atoms with Gasteiger partial charge in [0.2, 0.25) is 15.0 Å². The van der Waals surface area contributed by atoms with Crippen LogP contribution in [-0.2, 0) is 9.84 Å². The van der Waals surface area contributed by atoms with Crippen LogP contribution in [-0.4, -0.2) is 113 Å². The fourth-order valence-corrected chi connectivity index (χ4v) is 11.4. The maximum absolute atomic E-state index is 12.7. The van der Waals surface area contributed by atoms with E-state index in [-0.39, 0.29) is 10.9 Å². The molecule has 0 aliphatic carbocycles. The summed E-state index contributed by atoms with van der Waals surface area (Å²) >= 11 is 4.97. The summed E-state index contributed by atoms with van der Waals surface area (Å²) in [5, 5.41) is 21.6. The van der Waals surface area contributed by atoms with Gasteiger partial charge < -0.3 is 20.4 Å². The molecule has 0 saturated carbocycles. The van der Waals surface area contributed by atoms with E-state index in [9.17, 15) is 8.42 Å². The number of pyridine rings is 2. The quantitative estimate of drug-likeness (QED) is 0.0496. The number of rotatable bonds is 8. The van der Waals surface area contributed by atoms with Crippen LogP contribution in [0, 0.1) is 13.8 Å². The standard InChI is InChI=1S/C22H23N5O2S2.C22H23N5S2.H2O2/c1-3-31(28,29)22-25-18-17-14(2)13-16(15-7-5-4-6-8-15)24-21(17)30-19(18)20(26-22)27-11-9-23-10-12-27;1-3-28-22-25-18-17-14(2)13-16(15-7-5-4-6-8-15)24-21(17)29-19(18)20(26-22)27-11-9-23-10-12-27;1-2/h4-8,13,23H,3,9-12H2,1-2H3;4-8,13,23H,3,9-12H2,1-2H3;1-2H. The lowest BCUT2D eigenvalue weighted by Crippen LogP contribution is -2.44. The molecule has 8 aromatic rings. The third kappa shape index (κ3) is 8.83. The summed E-state index contributed by atoms with van der Waals surface area (Å²) in [6.45, 7) is 15.1. The summed E-state index contributed by atoms with van der Waals surface area (Å²) < 4.78 is 27.4. The van der Waals surface area contributed by atoms with Gasteiger partial charge >= 0.3 is 0 Å². The molecule has 18 heteroatoms. The number of nitrogens with one attached hydrogen (secondary N) is 2. The van der Waals surface area contributed by atoms with E-state index in [4.69, 9.17) is 30.5 Å². The molecule has 62 heavy (non-hydrogen) atoms. The van der Waals surface area contributed by atoms with Gasteiger partial charge in [-0.25, -0.2) is 33.3 Å². The molecule has 2 aliphatic heterocycles. The summed E-state index contributed by atoms with van der Waals surface area (Å²) in [5.74, 6) is 2.69. The van der Waals surface area contributed by atoms with Gasteiger partial charge in [0, 0.05) is 74.3 Å². The highest BCUT2D eigenvalue weighted by Gasteiger charge is 2.27. The van der Waals surface area contributed by atoms with Crippen LogP contribution in [0.25, 0.3) is 63.4 Å². The van der Waals surface area contributed by atoms with Gasteiger partial charge in [-0.05, 0) is 42.9 Å². The molecular formula is C44H48N10O4S4. The fraction of sp³-hybridized carbons (Fsp3) is 0.318. The zero-order valence-corrected chi connectivity index (χ0v) is 38.2. The summed E-state index contributed by atoms with van der Waals surface area (Å²) in [5.41, 5.74) is 8.09. The number of fused-ring (bicyclic) bond motifs is 6. The zero-order chi connectivity index (χ0) is 43.4. The van der Waals surface area contributed by atoms with E-state index in [1.807, 2.05) is 49.4 Å². The summed E-state index contributed by atoms with van der Waals surface area (Å²) in [7, 11) is -3.54. The molecule has 0 radical (unpaired) electrons. The third-order valence-corrected chi connectivity index (χ3v) is 15.2. The van der Waals surface area contributed by atoms with Crippen molar-refractivity contribution in [3.8, 4) is 22.5 Å². The molecule has 4 N–H and O–H groups in total. The maximum Gasteiger partial charge on any atom is 0.249 e. The number of sulfone groups is 1. The molecule has 14 nitrogen and oxygen atoms in total. The van der Waals surface area contributed by atoms with Crippen LogP contribution in [0.3, 0.4) is 0 Å². The summed E-state index contributed by atoms with van der Waals surface area (Å²) in [6.07, 6.45) is 0. The van der Waals surface area contributed by atoms with Crippen molar-refractivity contribution in [3.63, 3.8) is 0 Å². The minimum atomic E-state index is -3.54. The van der Waals surface area contributed by atoms with Crippen molar-refractivity contribution in [1.29, 1.82) is 0 Å². The van der Waals surface area contributed by atoms with Crippen molar-refractivity contribution >= 4 is 96.8 Å². The van der Waals surface area contributed by atoms with Crippen molar-refractivity contribution < 1.29 is 18.9 Å². The number of aryl methyl sites for hydroxylation is 2. The van der Waals surface area contributed by atoms with Crippen molar-refractivity contribution in [1.82, 2.24) is 40.5 Å². The van der Waals surface area contributed by atoms with Gasteiger partial charge in [-0.2, -0.15) is 4.98 Å². The second-order valence-corrected chi connectivity index (χ2v) is 20.2. The zero-order valence-electron chi connectivity index (χ0n) is 34.9. The number of nitrogens with zero attached hydrogens (tertiary/aromatic N) is 8. The van der Waals surface area contributed by atoms with Crippen LogP contribution in [0.5, 0.6) is 0 Å². The van der Waals surface area contributed by atoms with E-state index < -0.39 is 9.84 Å². The molecule has 8 heterocycles. The van der Waals surface area contributed by atoms with Crippen LogP contribution in [0.2, 0.25) is 0 Å². The molecule has 6 aromatic heterocycles. The second-order valence-electron chi connectivity index (χ2n) is 14.8. The average Bonchev–Trinajstić information content (AvgIpc) is 3.89. The van der Waals surface area contributed by atoms with Gasteiger partial charge in [-0.1, -0.05) is 86.3 Å². The van der Waals surface area contributed by atoms with Crippen LogP contribution < -0.4 is 20.4 Å². The van der Waals surface area contributed by atoms with E-state index in [2.05, 4.69) is 74.6 Å². The number of thiophene rings is 2. The number of hydrogen-bond donors (Lipinski definition) is 4. The number of benzene rings is 2. The fourth-order valence-electron chi connectivity index (χ4n) is 7.73. The first-order valence-electron chi connectivity index (χ1n) is 20.5. The first kappa shape index (κ1) is 43.7. The SMILES string of the molecule is CCS(=O)(=O)c1nc(N2CCNCC2)c2sc3nc(-c4ccccc4)cc(C)c3c2n1.CCSc1nc(N2CCNCC2)c2sc3nc(-c4ccccc4)cc(C)c3c2n1.OO. The molecule has 0 spiro atoms. The molecule has 0 bridgehead atoms. The minimum absolute atomic E-state index is 0.0308. The smallest absolute Gasteiger partial charge is 0.249 e. The first-order chi connectivity index (χ1) is 30.2. The van der Waals surface area contributed by atoms with Crippen molar-refractivity contribution in [3.05, 3.63) is 83.9 Å². The van der Waals surface area contributed by atoms with Gasteiger partial charge in [-0.3, -0.25) is 10.5 Å². The summed E-state index contributed by atoms with van der Waals surface area (Å²) in [6, 6.07) is 24.7. The minimum Gasteiger partial charge on any atom is -0.353 e. The predicted octanol–water partition coefficient (Wildman–Crippen LogP) is 8.17. The normalized spacial score (nSPS) is 14.5. The molecule has 0 amide bonds. The Morgan fingerprint density at radius 3 is 1.55 bits per heavy atom. The van der Waals surface area contributed by atoms with Crippen LogP contribution in [0.15, 0.2) is 83.1 Å². The van der Waals surface area contributed by atoms with E-state index >= 15 is 0 Å². The average molecular weight is 909 g/mol. The van der Waals surface area contributed by atoms with Gasteiger partial charge in [0.05, 0.1) is 37.6 Å². The molecule has 0 unspecified atom stereocenters. The highest BCUT2D eigenvalue weighted by Crippen LogP contribution is 2.42. The van der Waals surface area contributed by atoms with E-state index in [1.54, 1.807) is 30.0 Å². The van der Waals surface area contributed by atoms with E-state index in [0.717, 1.165) is 127 Å². The Morgan fingerprint density at radius 2 is 1.10 bits per heavy atom. The van der Waals surface area contributed by atoms with Gasteiger partial charge in [-0.15, -0.1) is 22.7 Å². The number of aromatic nitrogens is 6. The lowest BCUT2D eigenvalue weighted by atomic mass is 10.1. The largest absolute Gasteiger partial charge is 0.353 e. The predicted molar refractivity (Wildman–Crippen MR) is 255 cm³/mol. The number of anilines is 2. The molecule has 2 aliphatic rings. The maximum atomic E-state index is 12.7. The number of thioether (sulfide) groups is 1. The Kier molecular flexibility index (Phi) is 13.6. The van der Waals surface area contributed by atoms with E-state index in [1.165, 1.54) is 22.3 Å². The van der Waals surface area contributed by atoms with Crippen molar-refractivity contribution in [2.75, 3.05) is 73.7 Å². The molecule has 2 fully saturated rings.